The van der Waals surface area contributed by atoms with Gasteiger partial charge in [0.15, 0.2) is 5.78 Å². The molecule has 0 N–H and O–H groups in total. The van der Waals surface area contributed by atoms with Gasteiger partial charge in [-0.05, 0) is 38.1 Å². The van der Waals surface area contributed by atoms with Crippen LogP contribution in [0.1, 0.15) is 30.6 Å². The molecule has 0 fully saturated rings. The fourth-order valence-electron chi connectivity index (χ4n) is 2.13. The van der Waals surface area contributed by atoms with E-state index in [2.05, 4.69) is 0 Å². The van der Waals surface area contributed by atoms with Crippen molar-refractivity contribution in [3.8, 4) is 17.2 Å². The van der Waals surface area contributed by atoms with Gasteiger partial charge in [-0.15, -0.1) is 0 Å². The third kappa shape index (κ3) is 5.33. The first-order valence-electron chi connectivity index (χ1n) is 7.79. The van der Waals surface area contributed by atoms with Gasteiger partial charge in [-0.2, -0.15) is 0 Å². The molecule has 0 atom stereocenters. The molecule has 23 heavy (non-hydrogen) atoms. The van der Waals surface area contributed by atoms with E-state index < -0.39 is 0 Å². The lowest BCUT2D eigenvalue weighted by atomic mass is 10.1. The minimum atomic E-state index is 0.00425. The molecular weight excluding hydrogens is 292 g/mol. The molecule has 2 rings (SSSR count). The fraction of sp³-hybridized carbons (Fsp3) is 0.316. The zero-order chi connectivity index (χ0) is 16.5. The quantitative estimate of drug-likeness (QED) is 0.515. The Hall–Kier alpha value is -2.49. The van der Waals surface area contributed by atoms with Crippen molar-refractivity contribution >= 4 is 5.78 Å². The topological polar surface area (TPSA) is 44.8 Å². The Kier molecular flexibility index (Phi) is 6.48. The van der Waals surface area contributed by atoms with E-state index in [0.717, 1.165) is 17.9 Å². The molecule has 0 amide bonds. The standard InChI is InChI=1S/C19H22O4/c1-3-21-16-8-6-9-17(14-16)22-12-7-13-23-19-11-5-4-10-18(19)15(2)20/h4-6,8-11,14H,3,7,12-13H2,1-2H3. The van der Waals surface area contributed by atoms with Crippen LogP contribution in [0.5, 0.6) is 17.2 Å². The van der Waals surface area contributed by atoms with Gasteiger partial charge < -0.3 is 14.2 Å². The van der Waals surface area contributed by atoms with Gasteiger partial charge in [0.1, 0.15) is 17.2 Å². The molecule has 0 aliphatic rings. The predicted octanol–water partition coefficient (Wildman–Crippen LogP) is 4.14. The van der Waals surface area contributed by atoms with Crippen LogP contribution in [0.2, 0.25) is 0 Å². The third-order valence-corrected chi connectivity index (χ3v) is 3.20. The molecule has 0 aromatic heterocycles. The second-order valence-electron chi connectivity index (χ2n) is 5.01. The van der Waals surface area contributed by atoms with Crippen LogP contribution in [0.25, 0.3) is 0 Å². The largest absolute Gasteiger partial charge is 0.494 e. The summed E-state index contributed by atoms with van der Waals surface area (Å²) in [5.41, 5.74) is 0.609. The van der Waals surface area contributed by atoms with E-state index in [4.69, 9.17) is 14.2 Å². The molecule has 122 valence electrons. The minimum absolute atomic E-state index is 0.00425. The van der Waals surface area contributed by atoms with E-state index in [1.807, 2.05) is 49.4 Å². The number of Topliss-reactive ketones (excluding diaryl/α,β-unsaturated/α-hetero) is 1. The molecule has 4 heteroatoms. The number of carbonyl (C=O) groups excluding carboxylic acids is 1. The summed E-state index contributed by atoms with van der Waals surface area (Å²) in [5, 5.41) is 0. The Morgan fingerprint density at radius 2 is 1.61 bits per heavy atom. The Morgan fingerprint density at radius 1 is 0.913 bits per heavy atom. The highest BCUT2D eigenvalue weighted by Crippen LogP contribution is 2.20. The Morgan fingerprint density at radius 3 is 2.35 bits per heavy atom. The first kappa shape index (κ1) is 16.9. The van der Waals surface area contributed by atoms with Crippen LogP contribution in [0, 0.1) is 0 Å². The Labute approximate surface area is 137 Å². The molecule has 0 aliphatic heterocycles. The maximum atomic E-state index is 11.5. The summed E-state index contributed by atoms with van der Waals surface area (Å²) in [5.74, 6) is 2.21. The van der Waals surface area contributed by atoms with E-state index >= 15 is 0 Å². The number of ether oxygens (including phenoxy) is 3. The first-order chi connectivity index (χ1) is 11.2. The second-order valence-corrected chi connectivity index (χ2v) is 5.01. The zero-order valence-corrected chi connectivity index (χ0v) is 13.6. The average Bonchev–Trinajstić information content (AvgIpc) is 2.55. The van der Waals surface area contributed by atoms with E-state index in [9.17, 15) is 4.79 Å². The van der Waals surface area contributed by atoms with Gasteiger partial charge in [0.25, 0.3) is 0 Å². The van der Waals surface area contributed by atoms with Crippen LogP contribution in [0.15, 0.2) is 48.5 Å². The Balaban J connectivity index is 1.76. The number of para-hydroxylation sites is 1. The van der Waals surface area contributed by atoms with Gasteiger partial charge in [-0.1, -0.05) is 18.2 Å². The number of carbonyl (C=O) groups is 1. The molecule has 0 spiro atoms. The van der Waals surface area contributed by atoms with Crippen molar-refractivity contribution in [3.05, 3.63) is 54.1 Å². The predicted molar refractivity (Wildman–Crippen MR) is 89.7 cm³/mol. The second kappa shape index (κ2) is 8.83. The van der Waals surface area contributed by atoms with Crippen LogP contribution < -0.4 is 14.2 Å². The van der Waals surface area contributed by atoms with Crippen LogP contribution in [-0.4, -0.2) is 25.6 Å². The molecule has 0 saturated carbocycles. The van der Waals surface area contributed by atoms with Crippen molar-refractivity contribution < 1.29 is 19.0 Å². The summed E-state index contributed by atoms with van der Waals surface area (Å²) in [4.78, 5) is 11.5. The lowest BCUT2D eigenvalue weighted by Crippen LogP contribution is -2.07. The summed E-state index contributed by atoms with van der Waals surface area (Å²) < 4.78 is 16.8. The molecule has 0 saturated heterocycles. The van der Waals surface area contributed by atoms with Crippen molar-refractivity contribution in [1.29, 1.82) is 0 Å². The lowest BCUT2D eigenvalue weighted by molar-refractivity contribution is 0.101. The summed E-state index contributed by atoms with van der Waals surface area (Å²) in [6.07, 6.45) is 0.727. The SMILES string of the molecule is CCOc1cccc(OCCCOc2ccccc2C(C)=O)c1. The highest BCUT2D eigenvalue weighted by Gasteiger charge is 2.06. The molecular formula is C19H22O4. The third-order valence-electron chi connectivity index (χ3n) is 3.20. The van der Waals surface area contributed by atoms with Gasteiger partial charge >= 0.3 is 0 Å². The van der Waals surface area contributed by atoms with E-state index in [-0.39, 0.29) is 5.78 Å². The fourth-order valence-corrected chi connectivity index (χ4v) is 2.13. The van der Waals surface area contributed by atoms with Crippen molar-refractivity contribution in [3.63, 3.8) is 0 Å². The first-order valence-corrected chi connectivity index (χ1v) is 7.79. The molecule has 2 aromatic rings. The molecule has 0 aliphatic carbocycles. The maximum absolute atomic E-state index is 11.5. The number of rotatable bonds is 9. The average molecular weight is 314 g/mol. The van der Waals surface area contributed by atoms with Crippen molar-refractivity contribution in [2.75, 3.05) is 19.8 Å². The number of hydrogen-bond donors (Lipinski definition) is 0. The number of ketones is 1. The van der Waals surface area contributed by atoms with Crippen molar-refractivity contribution in [2.45, 2.75) is 20.3 Å². The summed E-state index contributed by atoms with van der Waals surface area (Å²) in [7, 11) is 0. The van der Waals surface area contributed by atoms with Crippen LogP contribution in [-0.2, 0) is 0 Å². The molecule has 0 radical (unpaired) electrons. The Bertz CT molecular complexity index is 637. The van der Waals surface area contributed by atoms with Gasteiger partial charge in [0.05, 0.1) is 25.4 Å². The maximum Gasteiger partial charge on any atom is 0.163 e. The molecule has 0 bridgehead atoms. The van der Waals surface area contributed by atoms with E-state index in [1.54, 1.807) is 6.07 Å². The highest BCUT2D eigenvalue weighted by molar-refractivity contribution is 5.96. The molecule has 4 nitrogen and oxygen atoms in total. The van der Waals surface area contributed by atoms with Crippen molar-refractivity contribution in [1.82, 2.24) is 0 Å². The molecule has 2 aromatic carbocycles. The van der Waals surface area contributed by atoms with E-state index in [1.165, 1.54) is 6.92 Å². The van der Waals surface area contributed by atoms with E-state index in [0.29, 0.717) is 31.1 Å². The van der Waals surface area contributed by atoms with Gasteiger partial charge in [0.2, 0.25) is 0 Å². The highest BCUT2D eigenvalue weighted by atomic mass is 16.5. The zero-order valence-electron chi connectivity index (χ0n) is 13.6. The van der Waals surface area contributed by atoms with Gasteiger partial charge in [-0.3, -0.25) is 4.79 Å². The minimum Gasteiger partial charge on any atom is -0.494 e. The van der Waals surface area contributed by atoms with Crippen molar-refractivity contribution in [2.24, 2.45) is 0 Å². The van der Waals surface area contributed by atoms with Crippen LogP contribution in [0.3, 0.4) is 0 Å². The van der Waals surface area contributed by atoms with Gasteiger partial charge in [0, 0.05) is 12.5 Å². The van der Waals surface area contributed by atoms with Crippen LogP contribution >= 0.6 is 0 Å². The monoisotopic (exact) mass is 314 g/mol. The van der Waals surface area contributed by atoms with Crippen LogP contribution in [0.4, 0.5) is 0 Å². The molecule has 0 unspecified atom stereocenters. The summed E-state index contributed by atoms with van der Waals surface area (Å²) in [6, 6.07) is 14.8. The smallest absolute Gasteiger partial charge is 0.163 e. The summed E-state index contributed by atoms with van der Waals surface area (Å²) >= 11 is 0. The van der Waals surface area contributed by atoms with Gasteiger partial charge in [-0.25, -0.2) is 0 Å². The number of benzene rings is 2. The lowest BCUT2D eigenvalue weighted by Gasteiger charge is -2.11. The normalized spacial score (nSPS) is 10.2. The number of hydrogen-bond acceptors (Lipinski definition) is 4. The molecule has 0 heterocycles. The summed E-state index contributed by atoms with van der Waals surface area (Å²) in [6.45, 7) is 5.15.